The number of rotatable bonds is 3. The number of hydrogen-bond donors (Lipinski definition) is 0. The van der Waals surface area contributed by atoms with Crippen LogP contribution in [0.25, 0.3) is 0 Å². The number of amides is 1. The molecule has 3 saturated heterocycles. The highest BCUT2D eigenvalue weighted by molar-refractivity contribution is 5.73. The lowest BCUT2D eigenvalue weighted by molar-refractivity contribution is -0.130. The Hall–Kier alpha value is -0.610. The van der Waals surface area contributed by atoms with Gasteiger partial charge in [-0.05, 0) is 69.4 Å². The van der Waals surface area contributed by atoms with E-state index in [-0.39, 0.29) is 5.91 Å². The Bertz CT molecular complexity index is 482. The number of carbonyl (C=O) groups excluding carboxylic acids is 1. The fourth-order valence-electron chi connectivity index (χ4n) is 6.36. The molecule has 0 aromatic heterocycles. The Morgan fingerprint density at radius 2 is 1.65 bits per heavy atom. The average molecular weight is 362 g/mol. The van der Waals surface area contributed by atoms with Crippen molar-refractivity contribution < 1.29 is 4.79 Å². The summed E-state index contributed by atoms with van der Waals surface area (Å²) in [7, 11) is 0. The van der Waals surface area contributed by atoms with Gasteiger partial charge >= 0.3 is 0 Å². The van der Waals surface area contributed by atoms with Crippen molar-refractivity contribution in [3.8, 4) is 0 Å². The second-order valence-corrected chi connectivity index (χ2v) is 9.80. The maximum atomic E-state index is 11.6. The third-order valence-corrected chi connectivity index (χ3v) is 7.88. The van der Waals surface area contributed by atoms with Crippen molar-refractivity contribution in [1.29, 1.82) is 0 Å². The lowest BCUT2D eigenvalue weighted by Gasteiger charge is -2.43. The zero-order valence-electron chi connectivity index (χ0n) is 16.9. The molecule has 1 spiro atoms. The van der Waals surface area contributed by atoms with Gasteiger partial charge in [0.25, 0.3) is 0 Å². The Morgan fingerprint density at radius 1 is 0.885 bits per heavy atom. The van der Waals surface area contributed by atoms with Crippen LogP contribution in [0.2, 0.25) is 0 Å². The predicted octanol–water partition coefficient (Wildman–Crippen LogP) is 3.37. The van der Waals surface area contributed by atoms with Gasteiger partial charge in [-0.1, -0.05) is 19.3 Å². The Labute approximate surface area is 160 Å². The summed E-state index contributed by atoms with van der Waals surface area (Å²) in [6.07, 6.45) is 14.0. The van der Waals surface area contributed by atoms with E-state index < -0.39 is 0 Å². The summed E-state index contributed by atoms with van der Waals surface area (Å²) in [6.45, 7) is 10.3. The summed E-state index contributed by atoms with van der Waals surface area (Å²) in [5.41, 5.74) is 0.574. The van der Waals surface area contributed by atoms with E-state index in [1.54, 1.807) is 6.92 Å². The summed E-state index contributed by atoms with van der Waals surface area (Å²) < 4.78 is 0. The molecule has 0 unspecified atom stereocenters. The minimum atomic E-state index is 0.256. The first-order valence-corrected chi connectivity index (χ1v) is 11.4. The van der Waals surface area contributed by atoms with E-state index in [4.69, 9.17) is 0 Å². The first-order valence-electron chi connectivity index (χ1n) is 11.4. The third kappa shape index (κ3) is 4.27. The molecule has 26 heavy (non-hydrogen) atoms. The van der Waals surface area contributed by atoms with E-state index in [0.717, 1.165) is 25.0 Å². The van der Waals surface area contributed by atoms with Crippen molar-refractivity contribution in [1.82, 2.24) is 14.7 Å². The molecular weight excluding hydrogens is 322 g/mol. The SMILES string of the molecule is CC(=O)N1CCC(N2CC[C@@]3(CCCN(CC4CCCCC4)C3)C2)CC1. The first kappa shape index (κ1) is 18.7. The van der Waals surface area contributed by atoms with Crippen molar-refractivity contribution in [2.24, 2.45) is 11.3 Å². The van der Waals surface area contributed by atoms with Gasteiger partial charge in [-0.2, -0.15) is 0 Å². The number of hydrogen-bond acceptors (Lipinski definition) is 3. The molecule has 3 heterocycles. The van der Waals surface area contributed by atoms with Crippen molar-refractivity contribution in [3.63, 3.8) is 0 Å². The normalized spacial score (nSPS) is 33.2. The van der Waals surface area contributed by atoms with Crippen LogP contribution in [0.3, 0.4) is 0 Å². The molecule has 1 aliphatic carbocycles. The standard InChI is InChI=1S/C22H39N3O/c1-19(26)24-13-8-21(9-14-24)25-15-11-22(18-25)10-5-12-23(17-22)16-20-6-3-2-4-7-20/h20-21H,2-18H2,1H3/t22-/m1/s1. The van der Waals surface area contributed by atoms with Crippen LogP contribution in [0.5, 0.6) is 0 Å². The van der Waals surface area contributed by atoms with E-state index in [0.29, 0.717) is 5.41 Å². The highest BCUT2D eigenvalue weighted by Crippen LogP contribution is 2.41. The fraction of sp³-hybridized carbons (Fsp3) is 0.955. The van der Waals surface area contributed by atoms with E-state index >= 15 is 0 Å². The fourth-order valence-corrected chi connectivity index (χ4v) is 6.36. The van der Waals surface area contributed by atoms with Crippen LogP contribution in [0.4, 0.5) is 0 Å². The molecule has 0 radical (unpaired) electrons. The minimum Gasteiger partial charge on any atom is -0.343 e. The summed E-state index contributed by atoms with van der Waals surface area (Å²) in [5, 5.41) is 0. The highest BCUT2D eigenvalue weighted by atomic mass is 16.2. The van der Waals surface area contributed by atoms with Crippen molar-refractivity contribution in [2.75, 3.05) is 45.8 Å². The number of piperidine rings is 2. The van der Waals surface area contributed by atoms with E-state index in [1.165, 1.54) is 96.9 Å². The van der Waals surface area contributed by atoms with Gasteiger partial charge in [-0.3, -0.25) is 9.69 Å². The van der Waals surface area contributed by atoms with Gasteiger partial charge in [-0.25, -0.2) is 0 Å². The molecule has 1 amide bonds. The van der Waals surface area contributed by atoms with Crippen LogP contribution in [0, 0.1) is 11.3 Å². The molecule has 148 valence electrons. The molecule has 4 nitrogen and oxygen atoms in total. The largest absolute Gasteiger partial charge is 0.343 e. The molecule has 3 aliphatic heterocycles. The lowest BCUT2D eigenvalue weighted by atomic mass is 9.78. The molecule has 1 saturated carbocycles. The Morgan fingerprint density at radius 3 is 2.38 bits per heavy atom. The monoisotopic (exact) mass is 361 g/mol. The molecule has 0 aromatic carbocycles. The number of carbonyl (C=O) groups is 1. The highest BCUT2D eigenvalue weighted by Gasteiger charge is 2.43. The number of nitrogens with zero attached hydrogens (tertiary/aromatic N) is 3. The van der Waals surface area contributed by atoms with E-state index in [2.05, 4.69) is 9.80 Å². The Balaban J connectivity index is 1.28. The molecule has 4 heteroatoms. The minimum absolute atomic E-state index is 0.256. The number of likely N-dealkylation sites (tertiary alicyclic amines) is 3. The second kappa shape index (κ2) is 8.18. The molecule has 4 fully saturated rings. The van der Waals surface area contributed by atoms with Gasteiger partial charge in [0.2, 0.25) is 5.91 Å². The zero-order valence-corrected chi connectivity index (χ0v) is 16.9. The molecular formula is C22H39N3O. The third-order valence-electron chi connectivity index (χ3n) is 7.88. The van der Waals surface area contributed by atoms with E-state index in [9.17, 15) is 4.79 Å². The molecule has 4 rings (SSSR count). The molecule has 0 N–H and O–H groups in total. The van der Waals surface area contributed by atoms with Crippen LogP contribution >= 0.6 is 0 Å². The average Bonchev–Trinajstić information content (AvgIpc) is 3.06. The van der Waals surface area contributed by atoms with Crippen LogP contribution in [0.15, 0.2) is 0 Å². The van der Waals surface area contributed by atoms with Gasteiger partial charge in [0.05, 0.1) is 0 Å². The van der Waals surface area contributed by atoms with E-state index in [1.807, 2.05) is 4.90 Å². The van der Waals surface area contributed by atoms with Crippen LogP contribution in [-0.2, 0) is 4.79 Å². The van der Waals surface area contributed by atoms with Crippen molar-refractivity contribution >= 4 is 5.91 Å². The molecule has 0 bridgehead atoms. The van der Waals surface area contributed by atoms with Crippen LogP contribution in [-0.4, -0.2) is 72.5 Å². The van der Waals surface area contributed by atoms with Crippen LogP contribution < -0.4 is 0 Å². The first-order chi connectivity index (χ1) is 12.6. The van der Waals surface area contributed by atoms with Gasteiger partial charge < -0.3 is 9.80 Å². The van der Waals surface area contributed by atoms with Gasteiger partial charge in [-0.15, -0.1) is 0 Å². The summed E-state index contributed by atoms with van der Waals surface area (Å²) in [5.74, 6) is 1.24. The molecule has 1 atom stereocenters. The molecule has 0 aromatic rings. The quantitative estimate of drug-likeness (QED) is 0.771. The predicted molar refractivity (Wildman–Crippen MR) is 106 cm³/mol. The summed E-state index contributed by atoms with van der Waals surface area (Å²) in [4.78, 5) is 19.2. The van der Waals surface area contributed by atoms with Gasteiger partial charge in [0, 0.05) is 45.7 Å². The summed E-state index contributed by atoms with van der Waals surface area (Å²) >= 11 is 0. The zero-order chi connectivity index (χ0) is 18.0. The van der Waals surface area contributed by atoms with Crippen LogP contribution in [0.1, 0.15) is 71.1 Å². The summed E-state index contributed by atoms with van der Waals surface area (Å²) in [6, 6.07) is 0.721. The maximum absolute atomic E-state index is 11.6. The lowest BCUT2D eigenvalue weighted by Crippen LogP contribution is -2.49. The topological polar surface area (TPSA) is 26.8 Å². The maximum Gasteiger partial charge on any atom is 0.219 e. The Kier molecular flexibility index (Phi) is 5.90. The second-order valence-electron chi connectivity index (χ2n) is 9.80. The van der Waals surface area contributed by atoms with Crippen molar-refractivity contribution in [3.05, 3.63) is 0 Å². The van der Waals surface area contributed by atoms with Gasteiger partial charge in [0.15, 0.2) is 0 Å². The van der Waals surface area contributed by atoms with Crippen molar-refractivity contribution in [2.45, 2.75) is 77.2 Å². The molecule has 4 aliphatic rings. The van der Waals surface area contributed by atoms with Gasteiger partial charge in [0.1, 0.15) is 0 Å². The smallest absolute Gasteiger partial charge is 0.219 e.